The fraction of sp³-hybridized carbons (Fsp3) is 0. The molecule has 2 heterocycles. The molecule has 0 aliphatic rings. The van der Waals surface area contributed by atoms with E-state index >= 15 is 0 Å². The number of nitrogens with one attached hydrogen (secondary N) is 2. The molecule has 2 N–H and O–H groups in total. The van der Waals surface area contributed by atoms with Gasteiger partial charge < -0.3 is 9.97 Å². The van der Waals surface area contributed by atoms with Crippen molar-refractivity contribution in [1.29, 1.82) is 0 Å². The van der Waals surface area contributed by atoms with Gasteiger partial charge in [-0.25, -0.2) is 0 Å². The SMILES string of the molecule is c1ccc2c(c1)[nH]c1c3ccccc3c3[nH]c4ccccc4c3c21. The van der Waals surface area contributed by atoms with Crippen LogP contribution in [0.1, 0.15) is 0 Å². The lowest BCUT2D eigenvalue weighted by Gasteiger charge is -2.03. The van der Waals surface area contributed by atoms with Crippen LogP contribution in [0.15, 0.2) is 72.8 Å². The minimum Gasteiger partial charge on any atom is -0.354 e. The molecule has 2 aromatic heterocycles. The first-order chi connectivity index (χ1) is 11.9. The summed E-state index contributed by atoms with van der Waals surface area (Å²) in [4.78, 5) is 7.31. The molecule has 2 heteroatoms. The second kappa shape index (κ2) is 4.18. The summed E-state index contributed by atoms with van der Waals surface area (Å²) in [5, 5.41) is 7.74. The molecule has 0 unspecified atom stereocenters. The lowest BCUT2D eigenvalue weighted by Crippen LogP contribution is -1.79. The van der Waals surface area contributed by atoms with Crippen molar-refractivity contribution in [2.45, 2.75) is 0 Å². The van der Waals surface area contributed by atoms with Crippen LogP contribution < -0.4 is 0 Å². The highest BCUT2D eigenvalue weighted by Crippen LogP contribution is 2.41. The van der Waals surface area contributed by atoms with Gasteiger partial charge in [0, 0.05) is 43.4 Å². The molecule has 0 saturated carbocycles. The van der Waals surface area contributed by atoms with Gasteiger partial charge in [-0.2, -0.15) is 0 Å². The van der Waals surface area contributed by atoms with Gasteiger partial charge in [-0.15, -0.1) is 0 Å². The molecule has 0 bridgehead atoms. The predicted octanol–water partition coefficient (Wildman–Crippen LogP) is 6.11. The summed E-state index contributed by atoms with van der Waals surface area (Å²) >= 11 is 0. The number of fused-ring (bicyclic) bond motifs is 10. The van der Waals surface area contributed by atoms with Crippen LogP contribution in [0.4, 0.5) is 0 Å². The second-order valence-corrected chi connectivity index (χ2v) is 6.39. The van der Waals surface area contributed by atoms with Gasteiger partial charge in [0.15, 0.2) is 0 Å². The van der Waals surface area contributed by atoms with Crippen LogP contribution in [-0.4, -0.2) is 9.97 Å². The highest BCUT2D eigenvalue weighted by molar-refractivity contribution is 6.36. The summed E-state index contributed by atoms with van der Waals surface area (Å²) in [5.41, 5.74) is 4.83. The molecule has 6 aromatic rings. The van der Waals surface area contributed by atoms with E-state index < -0.39 is 0 Å². The quantitative estimate of drug-likeness (QED) is 0.339. The van der Waals surface area contributed by atoms with Crippen molar-refractivity contribution in [2.75, 3.05) is 0 Å². The van der Waals surface area contributed by atoms with Crippen LogP contribution in [0, 0.1) is 0 Å². The molecule has 0 saturated heterocycles. The number of aromatic nitrogens is 2. The third kappa shape index (κ3) is 1.36. The Balaban J connectivity index is 2.10. The maximum Gasteiger partial charge on any atom is 0.0552 e. The third-order valence-corrected chi connectivity index (χ3v) is 5.13. The van der Waals surface area contributed by atoms with Crippen molar-refractivity contribution < 1.29 is 0 Å². The van der Waals surface area contributed by atoms with Crippen molar-refractivity contribution in [1.82, 2.24) is 9.97 Å². The van der Waals surface area contributed by atoms with Crippen LogP contribution in [0.5, 0.6) is 0 Å². The first-order valence-corrected chi connectivity index (χ1v) is 8.23. The van der Waals surface area contributed by atoms with Crippen LogP contribution >= 0.6 is 0 Å². The zero-order chi connectivity index (χ0) is 15.7. The molecule has 0 radical (unpaired) electrons. The summed E-state index contributed by atoms with van der Waals surface area (Å²) in [6.45, 7) is 0. The summed E-state index contributed by atoms with van der Waals surface area (Å²) < 4.78 is 0. The van der Waals surface area contributed by atoms with Gasteiger partial charge in [-0.1, -0.05) is 60.7 Å². The summed E-state index contributed by atoms with van der Waals surface area (Å²) in [5.74, 6) is 0. The van der Waals surface area contributed by atoms with Gasteiger partial charge in [0.05, 0.1) is 11.0 Å². The van der Waals surface area contributed by atoms with Crippen LogP contribution in [0.25, 0.3) is 54.4 Å². The maximum atomic E-state index is 3.65. The van der Waals surface area contributed by atoms with E-state index in [4.69, 9.17) is 0 Å². The standard InChI is InChI=1S/C22H14N2/c1-2-8-14-13(7-1)21-19(15-9-3-5-11-17(15)23-21)20-16-10-4-6-12-18(16)24-22(14)20/h1-12,23-24H. The van der Waals surface area contributed by atoms with Crippen molar-refractivity contribution >= 4 is 54.4 Å². The Kier molecular flexibility index (Phi) is 2.12. The average Bonchev–Trinajstić information content (AvgIpc) is 3.20. The van der Waals surface area contributed by atoms with Crippen molar-refractivity contribution in [3.63, 3.8) is 0 Å². The van der Waals surface area contributed by atoms with Crippen LogP contribution in [-0.2, 0) is 0 Å². The Morgan fingerprint density at radius 2 is 0.792 bits per heavy atom. The Labute approximate surface area is 137 Å². The van der Waals surface area contributed by atoms with Crippen molar-refractivity contribution in [2.24, 2.45) is 0 Å². The van der Waals surface area contributed by atoms with Crippen LogP contribution in [0.2, 0.25) is 0 Å². The second-order valence-electron chi connectivity index (χ2n) is 6.39. The van der Waals surface area contributed by atoms with Gasteiger partial charge in [-0.05, 0) is 12.1 Å². The van der Waals surface area contributed by atoms with Crippen molar-refractivity contribution in [3.05, 3.63) is 72.8 Å². The molecular formula is C22H14N2. The van der Waals surface area contributed by atoms with Gasteiger partial charge in [0.2, 0.25) is 0 Å². The molecule has 0 spiro atoms. The Hall–Kier alpha value is -3.26. The topological polar surface area (TPSA) is 31.6 Å². The molecule has 0 aliphatic heterocycles. The Bertz CT molecular complexity index is 1290. The highest BCUT2D eigenvalue weighted by atomic mass is 14.7. The first-order valence-electron chi connectivity index (χ1n) is 8.23. The van der Waals surface area contributed by atoms with Gasteiger partial charge in [-0.3, -0.25) is 0 Å². The number of para-hydroxylation sites is 2. The number of H-pyrrole nitrogens is 2. The summed E-state index contributed by atoms with van der Waals surface area (Å²) in [6, 6.07) is 25.8. The highest BCUT2D eigenvalue weighted by Gasteiger charge is 2.16. The summed E-state index contributed by atoms with van der Waals surface area (Å²) in [6.07, 6.45) is 0. The van der Waals surface area contributed by atoms with Crippen LogP contribution in [0.3, 0.4) is 0 Å². The van der Waals surface area contributed by atoms with E-state index in [1.807, 2.05) is 0 Å². The zero-order valence-corrected chi connectivity index (χ0v) is 12.9. The molecule has 0 atom stereocenters. The van der Waals surface area contributed by atoms with E-state index in [0.29, 0.717) is 0 Å². The monoisotopic (exact) mass is 306 g/mol. The lowest BCUT2D eigenvalue weighted by molar-refractivity contribution is 1.55. The van der Waals surface area contributed by atoms with Gasteiger partial charge in [0.25, 0.3) is 0 Å². The number of hydrogen-bond donors (Lipinski definition) is 2. The minimum atomic E-state index is 1.19. The number of rotatable bonds is 0. The molecule has 0 amide bonds. The molecule has 4 aromatic carbocycles. The minimum absolute atomic E-state index is 1.19. The largest absolute Gasteiger partial charge is 0.354 e. The van der Waals surface area contributed by atoms with Gasteiger partial charge in [0.1, 0.15) is 0 Å². The third-order valence-electron chi connectivity index (χ3n) is 5.13. The molecule has 0 fully saturated rings. The maximum absolute atomic E-state index is 3.65. The fourth-order valence-corrected chi connectivity index (χ4v) is 4.13. The van der Waals surface area contributed by atoms with Crippen molar-refractivity contribution in [3.8, 4) is 0 Å². The van der Waals surface area contributed by atoms with E-state index in [0.717, 1.165) is 0 Å². The van der Waals surface area contributed by atoms with E-state index in [1.165, 1.54) is 54.4 Å². The van der Waals surface area contributed by atoms with E-state index in [9.17, 15) is 0 Å². The lowest BCUT2D eigenvalue weighted by atomic mass is 9.99. The molecular weight excluding hydrogens is 292 g/mol. The first kappa shape index (κ1) is 12.2. The number of hydrogen-bond acceptors (Lipinski definition) is 0. The molecule has 112 valence electrons. The normalized spacial score (nSPS) is 12.2. The van der Waals surface area contributed by atoms with Gasteiger partial charge >= 0.3 is 0 Å². The van der Waals surface area contributed by atoms with E-state index in [2.05, 4.69) is 82.8 Å². The molecule has 0 aliphatic carbocycles. The predicted molar refractivity (Wildman–Crippen MR) is 103 cm³/mol. The Morgan fingerprint density at radius 3 is 1.25 bits per heavy atom. The average molecular weight is 306 g/mol. The number of aromatic amines is 2. The van der Waals surface area contributed by atoms with E-state index in [-0.39, 0.29) is 0 Å². The molecule has 6 rings (SSSR count). The smallest absolute Gasteiger partial charge is 0.0552 e. The van der Waals surface area contributed by atoms with E-state index in [1.54, 1.807) is 0 Å². The molecule has 24 heavy (non-hydrogen) atoms. The zero-order valence-electron chi connectivity index (χ0n) is 12.9. The fourth-order valence-electron chi connectivity index (χ4n) is 4.13. The molecule has 2 nitrogen and oxygen atoms in total. The Morgan fingerprint density at radius 1 is 0.417 bits per heavy atom. The number of benzene rings is 4. The summed E-state index contributed by atoms with van der Waals surface area (Å²) in [7, 11) is 0.